The molecule has 8 heterocycles. The Labute approximate surface area is 469 Å². The number of benzene rings is 4. The number of anilines is 4. The van der Waals surface area contributed by atoms with Crippen molar-refractivity contribution < 1.29 is 45.9 Å². The second kappa shape index (κ2) is 21.4. The molecule has 6 aromatic rings. The molecule has 1 aliphatic carbocycles. The molecule has 6 aliphatic heterocycles. The molecule has 1 spiro atoms. The Morgan fingerprint density at radius 1 is 0.914 bits per heavy atom. The molecule has 81 heavy (non-hydrogen) atoms. The van der Waals surface area contributed by atoms with Crippen LogP contribution in [0.25, 0.3) is 11.0 Å². The summed E-state index contributed by atoms with van der Waals surface area (Å²) in [6.45, 7) is 10.3. The van der Waals surface area contributed by atoms with Crippen LogP contribution in [0.1, 0.15) is 97.4 Å². The van der Waals surface area contributed by atoms with Crippen molar-refractivity contribution >= 4 is 55.4 Å². The SMILES string of the molecule is CCC(c1ccc(F)c(F)c1)N1CCN(C2CC3(CCN(c4ccc(C(=O)NS(=O)(=O)c5cc6c(c([N+](=O)[O-])c5)N[C@H](C5CCOCC5)CO6)c(N5c6cc7cc[nH]c7nc6O[C@H]6COCC[C@@H]65)c4)CC3)C2)[C@H](c2ccccc2C)C1. The highest BCUT2D eigenvalue weighted by molar-refractivity contribution is 7.90. The Bertz CT molecular complexity index is 3510. The summed E-state index contributed by atoms with van der Waals surface area (Å²) in [6.07, 6.45) is 8.21. The summed E-state index contributed by atoms with van der Waals surface area (Å²) < 4.78 is 83.8. The number of piperazine rings is 1. The summed E-state index contributed by atoms with van der Waals surface area (Å²) in [4.78, 5) is 44.0. The summed E-state index contributed by atoms with van der Waals surface area (Å²) in [7, 11) is -4.73. The number of aromatic amines is 1. The van der Waals surface area contributed by atoms with E-state index in [1.165, 1.54) is 29.3 Å². The maximum absolute atomic E-state index is 14.9. The molecule has 4 aromatic carbocycles. The number of nitro groups is 1. The van der Waals surface area contributed by atoms with E-state index in [0.717, 1.165) is 100 Å². The smallest absolute Gasteiger partial charge is 0.297 e. The minimum atomic E-state index is -4.73. The highest BCUT2D eigenvalue weighted by Crippen LogP contribution is 2.54. The van der Waals surface area contributed by atoms with Crippen LogP contribution in [0.3, 0.4) is 0 Å². The standard InChI is InChI=1S/C60H67F2N9O9S/c1-3-48(38-8-11-45(61)46(62)26-38)68-21-22-69(53(33-68)43-7-5-4-6-36(43)2)41-31-60(32-41)16-19-67(20-17-60)40-9-10-44(50(28-40)70-49-15-25-78-35-55(49)80-59-52(70)27-39-12-18-63-57(39)65-59)58(72)66-81(75,76)42-29-51(71(73)74)56-54(30-42)79-34-47(64-56)37-13-23-77-24-14-37/h4-12,18,26-30,37,41,47-49,53,55,64H,3,13-17,19-25,31-35H2,1-2H3,(H,63,65)(H,66,72)/t47-,48?,49-,53-,55-/m0/s1. The maximum Gasteiger partial charge on any atom is 0.297 e. The zero-order valence-electron chi connectivity index (χ0n) is 45.5. The Morgan fingerprint density at radius 3 is 2.49 bits per heavy atom. The predicted octanol–water partition coefficient (Wildman–Crippen LogP) is 9.72. The molecule has 1 saturated carbocycles. The number of ether oxygens (including phenoxy) is 4. The highest BCUT2D eigenvalue weighted by atomic mass is 32.2. The minimum Gasteiger partial charge on any atom is -0.489 e. The van der Waals surface area contributed by atoms with Crippen molar-refractivity contribution in [2.45, 2.75) is 106 Å². The molecule has 4 saturated heterocycles. The summed E-state index contributed by atoms with van der Waals surface area (Å²) in [5.41, 5.74) is 5.74. The lowest BCUT2D eigenvalue weighted by Crippen LogP contribution is -2.60. The number of hydrogen-bond acceptors (Lipinski definition) is 15. The molecule has 426 valence electrons. The van der Waals surface area contributed by atoms with Crippen molar-refractivity contribution in [2.75, 3.05) is 80.9 Å². The lowest BCUT2D eigenvalue weighted by Gasteiger charge is -2.58. The fourth-order valence-electron chi connectivity index (χ4n) is 14.2. The molecule has 7 aliphatic rings. The van der Waals surface area contributed by atoms with E-state index in [2.05, 4.69) is 72.7 Å². The average Bonchev–Trinajstić information content (AvgIpc) is 3.94. The van der Waals surface area contributed by atoms with Crippen LogP contribution in [0.2, 0.25) is 0 Å². The van der Waals surface area contributed by atoms with Gasteiger partial charge < -0.3 is 39.0 Å². The van der Waals surface area contributed by atoms with Gasteiger partial charge in [0.25, 0.3) is 21.6 Å². The van der Waals surface area contributed by atoms with E-state index >= 15 is 0 Å². The molecule has 1 unspecified atom stereocenters. The summed E-state index contributed by atoms with van der Waals surface area (Å²) >= 11 is 0. The predicted molar refractivity (Wildman–Crippen MR) is 301 cm³/mol. The molecule has 3 N–H and O–H groups in total. The van der Waals surface area contributed by atoms with Crippen LogP contribution in [-0.2, 0) is 19.5 Å². The molecule has 5 fully saturated rings. The fraction of sp³-hybridized carbons (Fsp3) is 0.467. The number of sulfonamides is 1. The maximum atomic E-state index is 14.9. The Morgan fingerprint density at radius 2 is 1.72 bits per heavy atom. The summed E-state index contributed by atoms with van der Waals surface area (Å²) in [6, 6.07) is 24.4. The first-order chi connectivity index (χ1) is 39.2. The van der Waals surface area contributed by atoms with Gasteiger partial charge in [0.15, 0.2) is 23.1 Å². The number of carbonyl (C=O) groups excluding carboxylic acids is 1. The number of nitro benzene ring substituents is 1. The Balaban J connectivity index is 0.773. The van der Waals surface area contributed by atoms with Crippen LogP contribution in [0.4, 0.5) is 37.2 Å². The first-order valence-electron chi connectivity index (χ1n) is 28.5. The number of hydrogen-bond donors (Lipinski definition) is 3. The zero-order valence-corrected chi connectivity index (χ0v) is 46.3. The van der Waals surface area contributed by atoms with Gasteiger partial charge in [-0.15, -0.1) is 0 Å². The highest BCUT2D eigenvalue weighted by Gasteiger charge is 2.51. The molecule has 5 atom stereocenters. The molecule has 18 nitrogen and oxygen atoms in total. The van der Waals surface area contributed by atoms with Gasteiger partial charge in [-0.05, 0) is 129 Å². The van der Waals surface area contributed by atoms with Crippen LogP contribution in [0.5, 0.6) is 11.6 Å². The van der Waals surface area contributed by atoms with Crippen molar-refractivity contribution in [3.63, 3.8) is 0 Å². The molecule has 0 radical (unpaired) electrons. The second-order valence-electron chi connectivity index (χ2n) is 23.2. The van der Waals surface area contributed by atoms with Gasteiger partial charge in [0.2, 0.25) is 5.88 Å². The van der Waals surface area contributed by atoms with Crippen molar-refractivity contribution in [1.29, 1.82) is 0 Å². The Kier molecular flexibility index (Phi) is 14.1. The van der Waals surface area contributed by atoms with E-state index in [-0.39, 0.29) is 65.7 Å². The number of fused-ring (bicyclic) bond motifs is 4. The molecular weight excluding hydrogens is 1060 g/mol. The van der Waals surface area contributed by atoms with Gasteiger partial charge in [0.05, 0.1) is 39.8 Å². The van der Waals surface area contributed by atoms with Crippen molar-refractivity contribution in [2.24, 2.45) is 11.3 Å². The van der Waals surface area contributed by atoms with Crippen molar-refractivity contribution in [1.82, 2.24) is 24.5 Å². The van der Waals surface area contributed by atoms with Crippen molar-refractivity contribution in [3.05, 3.63) is 135 Å². The van der Waals surface area contributed by atoms with E-state index in [9.17, 15) is 32.1 Å². The first kappa shape index (κ1) is 53.4. The van der Waals surface area contributed by atoms with E-state index < -0.39 is 49.2 Å². The van der Waals surface area contributed by atoms with Gasteiger partial charge in [-0.25, -0.2) is 21.9 Å². The number of piperidine rings is 1. The monoisotopic (exact) mass is 1130 g/mol. The third-order valence-electron chi connectivity index (χ3n) is 18.6. The van der Waals surface area contributed by atoms with Gasteiger partial charge in [-0.3, -0.25) is 24.7 Å². The number of nitrogens with zero attached hydrogens (tertiary/aromatic N) is 6. The minimum absolute atomic E-state index is 0.0132. The quantitative estimate of drug-likeness (QED) is 0.0773. The molecular formula is C60H67F2N9O9S. The summed E-state index contributed by atoms with van der Waals surface area (Å²) in [5, 5.41) is 16.7. The fourth-order valence-corrected chi connectivity index (χ4v) is 15.2. The number of pyridine rings is 1. The molecule has 1 amide bonds. The van der Waals surface area contributed by atoms with Crippen LogP contribution < -0.4 is 29.3 Å². The van der Waals surface area contributed by atoms with Gasteiger partial charge >= 0.3 is 0 Å². The number of aromatic nitrogens is 2. The third-order valence-corrected chi connectivity index (χ3v) is 19.9. The van der Waals surface area contributed by atoms with Crippen molar-refractivity contribution in [3.8, 4) is 11.6 Å². The molecule has 21 heteroatoms. The second-order valence-corrected chi connectivity index (χ2v) is 24.8. The number of rotatable bonds is 12. The van der Waals surface area contributed by atoms with Gasteiger partial charge in [0.1, 0.15) is 24.0 Å². The van der Waals surface area contributed by atoms with E-state index in [1.54, 1.807) is 18.3 Å². The topological polar surface area (TPSA) is 197 Å². The number of nitrogens with one attached hydrogen (secondary N) is 3. The van der Waals surface area contributed by atoms with Crippen LogP contribution in [0, 0.1) is 40.0 Å². The van der Waals surface area contributed by atoms with E-state index in [1.807, 2.05) is 24.3 Å². The number of aryl methyl sites for hydroxylation is 1. The average molecular weight is 1130 g/mol. The van der Waals surface area contributed by atoms with E-state index in [4.69, 9.17) is 23.9 Å². The Hall–Kier alpha value is -6.91. The van der Waals surface area contributed by atoms with E-state index in [0.29, 0.717) is 55.2 Å². The number of H-pyrrole nitrogens is 1. The first-order valence-corrected chi connectivity index (χ1v) is 30.0. The normalized spacial score (nSPS) is 23.8. The van der Waals surface area contributed by atoms with Gasteiger partial charge in [0, 0.05) is 100 Å². The molecule has 13 rings (SSSR count). The molecule has 2 aromatic heterocycles. The number of amides is 1. The lowest BCUT2D eigenvalue weighted by atomic mass is 9.59. The third kappa shape index (κ3) is 10.0. The van der Waals surface area contributed by atoms with Crippen LogP contribution >= 0.6 is 0 Å². The molecule has 0 bridgehead atoms. The summed E-state index contributed by atoms with van der Waals surface area (Å²) in [5.74, 6) is -2.06. The lowest BCUT2D eigenvalue weighted by molar-refractivity contribution is -0.384. The van der Waals surface area contributed by atoms with Crippen LogP contribution in [-0.4, -0.2) is 129 Å². The van der Waals surface area contributed by atoms with Gasteiger partial charge in [-0.2, -0.15) is 4.98 Å². The van der Waals surface area contributed by atoms with Gasteiger partial charge in [-0.1, -0.05) is 37.3 Å². The largest absolute Gasteiger partial charge is 0.489 e. The number of halogens is 2. The number of carbonyl (C=O) groups is 1. The zero-order chi connectivity index (χ0) is 55.7. The van der Waals surface area contributed by atoms with Crippen LogP contribution in [0.15, 0.2) is 96.0 Å².